The summed E-state index contributed by atoms with van der Waals surface area (Å²) in [6, 6.07) is 14.3. The Morgan fingerprint density at radius 3 is 2.68 bits per heavy atom. The second-order valence-electron chi connectivity index (χ2n) is 8.80. The molecule has 5 rings (SSSR count). The van der Waals surface area contributed by atoms with Gasteiger partial charge in [0.2, 0.25) is 5.76 Å². The number of nitrogens with zero attached hydrogens (tertiary/aromatic N) is 2. The fourth-order valence-corrected chi connectivity index (χ4v) is 4.83. The topological polar surface area (TPSA) is 72.2 Å². The number of para-hydroxylation sites is 1. The van der Waals surface area contributed by atoms with Gasteiger partial charge < -0.3 is 18.8 Å². The molecule has 1 fully saturated rings. The van der Waals surface area contributed by atoms with E-state index in [1.165, 1.54) is 0 Å². The molecular formula is C27H30N2O5. The van der Waals surface area contributed by atoms with E-state index in [1.54, 1.807) is 17.0 Å². The summed E-state index contributed by atoms with van der Waals surface area (Å²) in [5.74, 6) is 0.656. The van der Waals surface area contributed by atoms with E-state index in [0.717, 1.165) is 57.0 Å². The molecule has 178 valence electrons. The molecule has 0 N–H and O–H groups in total. The van der Waals surface area contributed by atoms with Gasteiger partial charge in [-0.2, -0.15) is 0 Å². The van der Waals surface area contributed by atoms with Gasteiger partial charge in [-0.15, -0.1) is 0 Å². The molecule has 7 heteroatoms. The van der Waals surface area contributed by atoms with Crippen LogP contribution in [0.4, 0.5) is 0 Å². The van der Waals surface area contributed by atoms with Gasteiger partial charge in [0.05, 0.1) is 36.8 Å². The summed E-state index contributed by atoms with van der Waals surface area (Å²) in [7, 11) is 0. The summed E-state index contributed by atoms with van der Waals surface area (Å²) < 4.78 is 17.3. The van der Waals surface area contributed by atoms with Crippen molar-refractivity contribution in [2.75, 3.05) is 46.0 Å². The van der Waals surface area contributed by atoms with Crippen LogP contribution < -0.4 is 10.2 Å². The minimum absolute atomic E-state index is 0.147. The number of morpholine rings is 1. The third kappa shape index (κ3) is 4.33. The van der Waals surface area contributed by atoms with E-state index in [0.29, 0.717) is 29.7 Å². The van der Waals surface area contributed by atoms with Gasteiger partial charge in [0, 0.05) is 26.2 Å². The molecule has 3 heterocycles. The van der Waals surface area contributed by atoms with Crippen molar-refractivity contribution in [3.05, 3.63) is 75.6 Å². The van der Waals surface area contributed by atoms with Crippen LogP contribution in [0.25, 0.3) is 11.0 Å². The number of carbonyl (C=O) groups is 1. The molecule has 1 aromatic heterocycles. The van der Waals surface area contributed by atoms with Crippen LogP contribution in [0.15, 0.2) is 57.7 Å². The standard InChI is InChI=1S/C27H30N2O5/c1-2-15-33-20-8-5-7-19(18-20)24-23-25(30)21-9-3-4-10-22(21)34-26(23)27(31)29(24)12-6-11-28-13-16-32-17-14-28/h3-5,7-10,18,24H,2,6,11-17H2,1H3. The largest absolute Gasteiger partial charge is 0.494 e. The van der Waals surface area contributed by atoms with E-state index < -0.39 is 6.04 Å². The lowest BCUT2D eigenvalue weighted by atomic mass is 9.98. The van der Waals surface area contributed by atoms with Gasteiger partial charge in [-0.3, -0.25) is 14.5 Å². The molecule has 1 unspecified atom stereocenters. The Balaban J connectivity index is 1.51. The number of carbonyl (C=O) groups excluding carboxylic acids is 1. The molecule has 0 radical (unpaired) electrons. The number of amides is 1. The van der Waals surface area contributed by atoms with Gasteiger partial charge in [-0.1, -0.05) is 31.2 Å². The maximum atomic E-state index is 13.6. The highest BCUT2D eigenvalue weighted by Gasteiger charge is 2.42. The monoisotopic (exact) mass is 462 g/mol. The predicted octanol–water partition coefficient (Wildman–Crippen LogP) is 3.85. The first kappa shape index (κ1) is 22.6. The van der Waals surface area contributed by atoms with E-state index in [-0.39, 0.29) is 17.1 Å². The SMILES string of the molecule is CCCOc1cccc(C2c3c(oc4ccccc4c3=O)C(=O)N2CCCN2CCOCC2)c1. The summed E-state index contributed by atoms with van der Waals surface area (Å²) in [4.78, 5) is 31.3. The highest BCUT2D eigenvalue weighted by molar-refractivity contribution is 5.99. The molecule has 3 aromatic rings. The molecular weight excluding hydrogens is 432 g/mol. The first-order chi connectivity index (χ1) is 16.7. The summed E-state index contributed by atoms with van der Waals surface area (Å²) in [5.41, 5.74) is 1.57. The molecule has 0 aliphatic carbocycles. The molecule has 7 nitrogen and oxygen atoms in total. The lowest BCUT2D eigenvalue weighted by Crippen LogP contribution is -2.38. The van der Waals surface area contributed by atoms with Crippen molar-refractivity contribution >= 4 is 16.9 Å². The summed E-state index contributed by atoms with van der Waals surface area (Å²) in [5, 5.41) is 0.493. The van der Waals surface area contributed by atoms with Crippen molar-refractivity contribution in [1.82, 2.24) is 9.80 Å². The van der Waals surface area contributed by atoms with E-state index >= 15 is 0 Å². The third-order valence-electron chi connectivity index (χ3n) is 6.50. The first-order valence-corrected chi connectivity index (χ1v) is 12.1. The van der Waals surface area contributed by atoms with Crippen LogP contribution in [0.1, 0.15) is 47.5 Å². The third-order valence-corrected chi connectivity index (χ3v) is 6.50. The zero-order valence-corrected chi connectivity index (χ0v) is 19.5. The van der Waals surface area contributed by atoms with Crippen LogP contribution in [-0.4, -0.2) is 61.7 Å². The quantitative estimate of drug-likeness (QED) is 0.506. The van der Waals surface area contributed by atoms with Gasteiger partial charge in [0.25, 0.3) is 5.91 Å². The molecule has 0 bridgehead atoms. The second kappa shape index (κ2) is 9.99. The minimum Gasteiger partial charge on any atom is -0.494 e. The van der Waals surface area contributed by atoms with Crippen molar-refractivity contribution in [3.8, 4) is 5.75 Å². The van der Waals surface area contributed by atoms with Crippen LogP contribution in [0.2, 0.25) is 0 Å². The van der Waals surface area contributed by atoms with E-state index in [9.17, 15) is 9.59 Å². The van der Waals surface area contributed by atoms with Crippen LogP contribution in [0.3, 0.4) is 0 Å². The Hall–Kier alpha value is -3.16. The van der Waals surface area contributed by atoms with Crippen molar-refractivity contribution < 1.29 is 18.7 Å². The van der Waals surface area contributed by atoms with Gasteiger partial charge in [0.1, 0.15) is 11.3 Å². The summed E-state index contributed by atoms with van der Waals surface area (Å²) in [6.45, 7) is 7.36. The van der Waals surface area contributed by atoms with Crippen LogP contribution in [0, 0.1) is 0 Å². The number of hydrogen-bond acceptors (Lipinski definition) is 6. The van der Waals surface area contributed by atoms with Gasteiger partial charge in [0.15, 0.2) is 5.43 Å². The summed E-state index contributed by atoms with van der Waals surface area (Å²) >= 11 is 0. The molecule has 1 amide bonds. The van der Waals surface area contributed by atoms with Gasteiger partial charge in [-0.25, -0.2) is 0 Å². The second-order valence-corrected chi connectivity index (χ2v) is 8.80. The van der Waals surface area contributed by atoms with Gasteiger partial charge >= 0.3 is 0 Å². The zero-order valence-electron chi connectivity index (χ0n) is 19.5. The smallest absolute Gasteiger partial charge is 0.290 e. The van der Waals surface area contributed by atoms with E-state index in [1.807, 2.05) is 36.4 Å². The molecule has 34 heavy (non-hydrogen) atoms. The lowest BCUT2D eigenvalue weighted by molar-refractivity contribution is 0.0353. The Morgan fingerprint density at radius 2 is 1.85 bits per heavy atom. The number of ether oxygens (including phenoxy) is 2. The van der Waals surface area contributed by atoms with Crippen molar-refractivity contribution in [2.45, 2.75) is 25.8 Å². The maximum Gasteiger partial charge on any atom is 0.290 e. The first-order valence-electron chi connectivity index (χ1n) is 12.1. The van der Waals surface area contributed by atoms with Crippen LogP contribution in [-0.2, 0) is 4.74 Å². The number of hydrogen-bond donors (Lipinski definition) is 0. The highest BCUT2D eigenvalue weighted by Crippen LogP contribution is 2.39. The van der Waals surface area contributed by atoms with E-state index in [4.69, 9.17) is 13.9 Å². The van der Waals surface area contributed by atoms with Crippen molar-refractivity contribution in [2.24, 2.45) is 0 Å². The van der Waals surface area contributed by atoms with Crippen molar-refractivity contribution in [1.29, 1.82) is 0 Å². The average molecular weight is 463 g/mol. The minimum atomic E-state index is -0.502. The van der Waals surface area contributed by atoms with Crippen LogP contribution in [0.5, 0.6) is 5.75 Å². The Morgan fingerprint density at radius 1 is 1.03 bits per heavy atom. The molecule has 0 saturated carbocycles. The van der Waals surface area contributed by atoms with Gasteiger partial charge in [-0.05, 0) is 42.7 Å². The molecule has 0 spiro atoms. The Kier molecular flexibility index (Phi) is 6.65. The zero-order chi connectivity index (χ0) is 23.5. The lowest BCUT2D eigenvalue weighted by Gasteiger charge is -2.29. The molecule has 2 aliphatic rings. The molecule has 1 atom stereocenters. The fourth-order valence-electron chi connectivity index (χ4n) is 4.83. The molecule has 1 saturated heterocycles. The maximum absolute atomic E-state index is 13.6. The number of fused-ring (bicyclic) bond motifs is 2. The highest BCUT2D eigenvalue weighted by atomic mass is 16.5. The predicted molar refractivity (Wildman–Crippen MR) is 129 cm³/mol. The molecule has 2 aromatic carbocycles. The summed E-state index contributed by atoms with van der Waals surface area (Å²) in [6.07, 6.45) is 1.70. The Bertz CT molecular complexity index is 1230. The fraction of sp³-hybridized carbons (Fsp3) is 0.407. The average Bonchev–Trinajstić information content (AvgIpc) is 3.15. The van der Waals surface area contributed by atoms with Crippen LogP contribution >= 0.6 is 0 Å². The van der Waals surface area contributed by atoms with E-state index in [2.05, 4.69) is 11.8 Å². The normalized spacial score (nSPS) is 18.4. The molecule has 2 aliphatic heterocycles. The number of benzene rings is 2. The Labute approximate surface area is 198 Å². The van der Waals surface area contributed by atoms with Crippen molar-refractivity contribution in [3.63, 3.8) is 0 Å². The number of rotatable bonds is 8.